The summed E-state index contributed by atoms with van der Waals surface area (Å²) in [5.74, 6) is 0.0963. The van der Waals surface area contributed by atoms with Gasteiger partial charge >= 0.3 is 5.97 Å². The van der Waals surface area contributed by atoms with E-state index < -0.39 is 5.41 Å². The van der Waals surface area contributed by atoms with Crippen LogP contribution >= 0.6 is 23.2 Å². The molecule has 0 amide bonds. The number of esters is 1. The molecule has 110 valence electrons. The molecule has 1 saturated carbocycles. The Balaban J connectivity index is 2.33. The van der Waals surface area contributed by atoms with Crippen LogP contribution in [0.5, 0.6) is 0 Å². The Labute approximate surface area is 129 Å². The van der Waals surface area contributed by atoms with Crippen LogP contribution in [-0.4, -0.2) is 38.1 Å². The maximum atomic E-state index is 12.4. The van der Waals surface area contributed by atoms with Crippen molar-refractivity contribution in [1.82, 2.24) is 4.90 Å². The van der Waals surface area contributed by atoms with E-state index in [1.54, 1.807) is 12.1 Å². The van der Waals surface area contributed by atoms with Crippen molar-refractivity contribution in [2.75, 3.05) is 27.2 Å². The molecule has 0 saturated heterocycles. The molecule has 0 spiro atoms. The van der Waals surface area contributed by atoms with Crippen LogP contribution in [0.4, 0.5) is 0 Å². The van der Waals surface area contributed by atoms with Gasteiger partial charge < -0.3 is 9.64 Å². The van der Waals surface area contributed by atoms with Gasteiger partial charge in [0.25, 0.3) is 0 Å². The number of rotatable bonds is 5. The molecule has 0 aromatic heterocycles. The van der Waals surface area contributed by atoms with Crippen LogP contribution in [0.3, 0.4) is 0 Å². The third-order valence-electron chi connectivity index (χ3n) is 3.77. The Morgan fingerprint density at radius 2 is 2.10 bits per heavy atom. The first-order valence-corrected chi connectivity index (χ1v) is 7.45. The molecule has 1 aromatic carbocycles. The number of nitrogens with zero attached hydrogens (tertiary/aromatic N) is 1. The van der Waals surface area contributed by atoms with E-state index in [1.165, 1.54) is 0 Å². The number of carbonyl (C=O) groups is 1. The summed E-state index contributed by atoms with van der Waals surface area (Å²) in [6.07, 6.45) is 0.794. The van der Waals surface area contributed by atoms with E-state index in [-0.39, 0.29) is 11.9 Å². The lowest BCUT2D eigenvalue weighted by Gasteiger charge is -2.19. The lowest BCUT2D eigenvalue weighted by atomic mass is 9.93. The van der Waals surface area contributed by atoms with Crippen LogP contribution in [0.15, 0.2) is 18.2 Å². The number of hydrogen-bond acceptors (Lipinski definition) is 3. The third-order valence-corrected chi connectivity index (χ3v) is 4.50. The highest BCUT2D eigenvalue weighted by Crippen LogP contribution is 2.56. The van der Waals surface area contributed by atoms with Gasteiger partial charge in [0, 0.05) is 6.54 Å². The van der Waals surface area contributed by atoms with E-state index in [4.69, 9.17) is 27.9 Å². The second-order valence-corrected chi connectivity index (χ2v) is 6.30. The van der Waals surface area contributed by atoms with Crippen LogP contribution in [-0.2, 0) is 14.9 Å². The van der Waals surface area contributed by atoms with Crippen LogP contribution in [0.25, 0.3) is 0 Å². The van der Waals surface area contributed by atoms with Crippen LogP contribution < -0.4 is 0 Å². The van der Waals surface area contributed by atoms with Crippen molar-refractivity contribution in [3.8, 4) is 0 Å². The predicted octanol–water partition coefficient (Wildman–Crippen LogP) is 3.38. The molecular formula is C15H19Cl2NO2. The summed E-state index contributed by atoms with van der Waals surface area (Å²) >= 11 is 12.0. The van der Waals surface area contributed by atoms with Gasteiger partial charge in [-0.05, 0) is 51.1 Å². The van der Waals surface area contributed by atoms with E-state index in [9.17, 15) is 4.79 Å². The lowest BCUT2D eigenvalue weighted by Crippen LogP contribution is -2.29. The number of carbonyl (C=O) groups excluding carboxylic acids is 1. The average molecular weight is 316 g/mol. The second-order valence-electron chi connectivity index (χ2n) is 5.48. The van der Waals surface area contributed by atoms with Crippen molar-refractivity contribution >= 4 is 29.2 Å². The fraction of sp³-hybridized carbons (Fsp3) is 0.533. The van der Waals surface area contributed by atoms with Crippen molar-refractivity contribution in [2.45, 2.75) is 18.8 Å². The molecule has 1 aliphatic carbocycles. The van der Waals surface area contributed by atoms with Crippen LogP contribution in [0.2, 0.25) is 10.0 Å². The number of hydrogen-bond donors (Lipinski definition) is 0. The number of halogens is 2. The van der Waals surface area contributed by atoms with Crippen molar-refractivity contribution in [3.05, 3.63) is 33.8 Å². The maximum absolute atomic E-state index is 12.4. The zero-order chi connectivity index (χ0) is 14.9. The van der Waals surface area contributed by atoms with E-state index >= 15 is 0 Å². The zero-order valence-electron chi connectivity index (χ0n) is 12.0. The molecule has 1 fully saturated rings. The highest BCUT2D eigenvalue weighted by molar-refractivity contribution is 6.42. The van der Waals surface area contributed by atoms with E-state index in [2.05, 4.69) is 4.90 Å². The van der Waals surface area contributed by atoms with Gasteiger partial charge in [0.1, 0.15) is 0 Å². The standard InChI is InChI=1S/C15H19Cl2NO2/c1-4-20-14(19)15(8-11(15)9-18(2)3)10-5-6-12(16)13(17)7-10/h5-7,11H,4,8-9H2,1-3H3. The summed E-state index contributed by atoms with van der Waals surface area (Å²) in [7, 11) is 4.01. The molecule has 1 aromatic rings. The highest BCUT2D eigenvalue weighted by Gasteiger charge is 2.62. The molecule has 0 heterocycles. The average Bonchev–Trinajstić information content (AvgIpc) is 3.07. The van der Waals surface area contributed by atoms with Crippen molar-refractivity contribution < 1.29 is 9.53 Å². The first kappa shape index (κ1) is 15.6. The molecule has 2 atom stereocenters. The van der Waals surface area contributed by atoms with E-state index in [0.29, 0.717) is 16.7 Å². The third kappa shape index (κ3) is 2.80. The van der Waals surface area contributed by atoms with Gasteiger partial charge in [-0.25, -0.2) is 0 Å². The Morgan fingerprint density at radius 1 is 1.40 bits per heavy atom. The normalized spacial score (nSPS) is 24.8. The molecule has 0 radical (unpaired) electrons. The number of benzene rings is 1. The van der Waals surface area contributed by atoms with Gasteiger partial charge in [-0.2, -0.15) is 0 Å². The fourth-order valence-corrected chi connectivity index (χ4v) is 3.04. The Hall–Kier alpha value is -0.770. The predicted molar refractivity (Wildman–Crippen MR) is 81.4 cm³/mol. The minimum atomic E-state index is -0.561. The monoisotopic (exact) mass is 315 g/mol. The van der Waals surface area contributed by atoms with Gasteiger partial charge in [0.05, 0.1) is 22.1 Å². The minimum absolute atomic E-state index is 0.162. The molecule has 0 N–H and O–H groups in total. The molecule has 0 aliphatic heterocycles. The van der Waals surface area contributed by atoms with Crippen molar-refractivity contribution in [3.63, 3.8) is 0 Å². The van der Waals surface area contributed by atoms with Gasteiger partial charge in [-0.3, -0.25) is 4.79 Å². The topological polar surface area (TPSA) is 29.5 Å². The molecule has 2 rings (SSSR count). The van der Waals surface area contributed by atoms with Gasteiger partial charge in [0.15, 0.2) is 0 Å². The first-order chi connectivity index (χ1) is 9.41. The minimum Gasteiger partial charge on any atom is -0.465 e. The van der Waals surface area contributed by atoms with Crippen LogP contribution in [0.1, 0.15) is 18.9 Å². The van der Waals surface area contributed by atoms with E-state index in [1.807, 2.05) is 27.1 Å². The summed E-state index contributed by atoms with van der Waals surface area (Å²) in [5.41, 5.74) is 0.339. The largest absolute Gasteiger partial charge is 0.465 e. The van der Waals surface area contributed by atoms with Gasteiger partial charge in [-0.1, -0.05) is 29.3 Å². The molecule has 0 bridgehead atoms. The first-order valence-electron chi connectivity index (χ1n) is 6.69. The molecule has 3 nitrogen and oxygen atoms in total. The summed E-state index contributed by atoms with van der Waals surface area (Å²) in [5, 5.41) is 0.975. The fourth-order valence-electron chi connectivity index (χ4n) is 2.75. The smallest absolute Gasteiger partial charge is 0.316 e. The Morgan fingerprint density at radius 3 is 2.65 bits per heavy atom. The van der Waals surface area contributed by atoms with E-state index in [0.717, 1.165) is 18.5 Å². The Kier molecular flexibility index (Phi) is 4.62. The summed E-state index contributed by atoms with van der Waals surface area (Å²) in [6.45, 7) is 3.05. The molecule has 2 unspecified atom stereocenters. The van der Waals surface area contributed by atoms with Gasteiger partial charge in [-0.15, -0.1) is 0 Å². The molecule has 1 aliphatic rings. The maximum Gasteiger partial charge on any atom is 0.316 e. The molecule has 5 heteroatoms. The second kappa shape index (κ2) is 5.92. The number of ether oxygens (including phenoxy) is 1. The Bertz CT molecular complexity index is 519. The SMILES string of the molecule is CCOC(=O)C1(c2ccc(Cl)c(Cl)c2)CC1CN(C)C. The highest BCUT2D eigenvalue weighted by atomic mass is 35.5. The van der Waals surface area contributed by atoms with Crippen LogP contribution in [0, 0.1) is 5.92 Å². The van der Waals surface area contributed by atoms with Crippen molar-refractivity contribution in [1.29, 1.82) is 0 Å². The zero-order valence-corrected chi connectivity index (χ0v) is 13.5. The molecular weight excluding hydrogens is 297 g/mol. The quantitative estimate of drug-likeness (QED) is 0.780. The summed E-state index contributed by atoms with van der Waals surface area (Å²) in [4.78, 5) is 14.5. The lowest BCUT2D eigenvalue weighted by molar-refractivity contribution is -0.146. The summed E-state index contributed by atoms with van der Waals surface area (Å²) in [6, 6.07) is 5.41. The van der Waals surface area contributed by atoms with Gasteiger partial charge in [0.2, 0.25) is 0 Å². The molecule has 20 heavy (non-hydrogen) atoms. The van der Waals surface area contributed by atoms with Crippen molar-refractivity contribution in [2.24, 2.45) is 5.92 Å². The summed E-state index contributed by atoms with van der Waals surface area (Å²) < 4.78 is 5.27.